The Morgan fingerprint density at radius 2 is 1.51 bits per heavy atom. The summed E-state index contributed by atoms with van der Waals surface area (Å²) in [4.78, 5) is 52.1. The van der Waals surface area contributed by atoms with Crippen molar-refractivity contribution in [2.45, 2.75) is 38.5 Å². The second kappa shape index (κ2) is 10.2. The average molecular weight is 480 g/mol. The van der Waals surface area contributed by atoms with E-state index in [0.717, 1.165) is 24.2 Å². The van der Waals surface area contributed by atoms with Crippen LogP contribution in [0.3, 0.4) is 0 Å². The lowest BCUT2D eigenvalue weighted by Crippen LogP contribution is -2.41. The number of hydrogen-bond donors (Lipinski definition) is 2. The number of nitrogens with zero attached hydrogens (tertiary/aromatic N) is 1. The Morgan fingerprint density at radius 3 is 2.11 bits per heavy atom. The predicted octanol–water partition coefficient (Wildman–Crippen LogP) is 3.60. The zero-order valence-corrected chi connectivity index (χ0v) is 19.9. The van der Waals surface area contributed by atoms with Crippen molar-refractivity contribution in [2.24, 2.45) is 5.41 Å². The number of nitrogens with one attached hydrogen (secondary N) is 2. The Balaban J connectivity index is 1.48. The molecule has 1 aliphatic heterocycles. The maximum Gasteiger partial charge on any atom is 0.255 e. The monoisotopic (exact) mass is 479 g/mol. The van der Waals surface area contributed by atoms with E-state index < -0.39 is 11.3 Å². The van der Waals surface area contributed by atoms with E-state index in [2.05, 4.69) is 10.6 Å². The number of ether oxygens (including phenoxy) is 2. The maximum absolute atomic E-state index is 13.0. The van der Waals surface area contributed by atoms with Gasteiger partial charge >= 0.3 is 0 Å². The summed E-state index contributed by atoms with van der Waals surface area (Å²) in [7, 11) is 2.87. The highest BCUT2D eigenvalue weighted by atomic mass is 16.5. The fourth-order valence-corrected chi connectivity index (χ4v) is 4.85. The molecule has 0 aromatic heterocycles. The normalized spacial score (nSPS) is 16.8. The van der Waals surface area contributed by atoms with Crippen molar-refractivity contribution in [3.05, 3.63) is 48.0 Å². The molecular formula is C26H29N3O6. The fraction of sp³-hybridized carbons (Fsp3) is 0.385. The standard InChI is InChI=1S/C26H29N3O6/c1-34-20-14-19(28-24(32)17-9-5-3-6-10-17)21(35-2)13-18(20)27-22(30)16-29-23(31)15-26(25(29)33)11-7-4-8-12-26/h3,5-6,9-10,13-14H,4,7-8,11-12,15-16H2,1-2H3,(H,27,30)(H,28,32). The lowest BCUT2D eigenvalue weighted by atomic mass is 9.73. The highest BCUT2D eigenvalue weighted by molar-refractivity contribution is 6.10. The van der Waals surface area contributed by atoms with Gasteiger partial charge in [0.15, 0.2) is 0 Å². The van der Waals surface area contributed by atoms with E-state index in [0.29, 0.717) is 35.5 Å². The van der Waals surface area contributed by atoms with E-state index in [-0.39, 0.29) is 36.4 Å². The number of rotatable bonds is 7. The number of anilines is 2. The second-order valence-electron chi connectivity index (χ2n) is 8.92. The number of imide groups is 1. The zero-order chi connectivity index (χ0) is 25.0. The number of amides is 4. The Kier molecular flexibility index (Phi) is 7.04. The molecule has 1 aliphatic carbocycles. The Labute approximate surface area is 203 Å². The van der Waals surface area contributed by atoms with Gasteiger partial charge < -0.3 is 20.1 Å². The van der Waals surface area contributed by atoms with Crippen molar-refractivity contribution in [1.29, 1.82) is 0 Å². The molecule has 4 rings (SSSR count). The summed E-state index contributed by atoms with van der Waals surface area (Å²) in [5.74, 6) is -0.826. The van der Waals surface area contributed by atoms with Gasteiger partial charge in [-0.25, -0.2) is 0 Å². The van der Waals surface area contributed by atoms with Crippen molar-refractivity contribution < 1.29 is 28.7 Å². The third-order valence-corrected chi connectivity index (χ3v) is 6.68. The van der Waals surface area contributed by atoms with Crippen LogP contribution in [0.5, 0.6) is 11.5 Å². The molecule has 1 heterocycles. The summed E-state index contributed by atoms with van der Waals surface area (Å²) in [6.45, 7) is -0.364. The first-order valence-corrected chi connectivity index (χ1v) is 11.6. The molecule has 2 aliphatic rings. The molecule has 0 atom stereocenters. The van der Waals surface area contributed by atoms with Gasteiger partial charge in [0, 0.05) is 24.1 Å². The molecule has 1 spiro atoms. The number of hydrogen-bond acceptors (Lipinski definition) is 6. The summed E-state index contributed by atoms with van der Waals surface area (Å²) >= 11 is 0. The van der Waals surface area contributed by atoms with Crippen molar-refractivity contribution in [3.8, 4) is 11.5 Å². The van der Waals surface area contributed by atoms with Gasteiger partial charge in [0.25, 0.3) is 5.91 Å². The van der Waals surface area contributed by atoms with Crippen LogP contribution in [0.25, 0.3) is 0 Å². The highest BCUT2D eigenvalue weighted by Crippen LogP contribution is 2.45. The first kappa shape index (κ1) is 24.3. The van der Waals surface area contributed by atoms with E-state index in [1.54, 1.807) is 30.3 Å². The van der Waals surface area contributed by atoms with Gasteiger partial charge in [0.05, 0.1) is 31.0 Å². The molecule has 2 aromatic rings. The maximum atomic E-state index is 13.0. The van der Waals surface area contributed by atoms with Gasteiger partial charge in [0.1, 0.15) is 18.0 Å². The lowest BCUT2D eigenvalue weighted by molar-refractivity contribution is -0.144. The number of methoxy groups -OCH3 is 2. The Morgan fingerprint density at radius 1 is 0.914 bits per heavy atom. The molecule has 0 unspecified atom stereocenters. The van der Waals surface area contributed by atoms with Gasteiger partial charge in [-0.05, 0) is 25.0 Å². The summed E-state index contributed by atoms with van der Waals surface area (Å²) in [6, 6.07) is 11.8. The second-order valence-corrected chi connectivity index (χ2v) is 8.92. The van der Waals surface area contributed by atoms with Crippen LogP contribution in [-0.4, -0.2) is 49.3 Å². The van der Waals surface area contributed by atoms with E-state index in [1.165, 1.54) is 20.3 Å². The molecule has 1 saturated carbocycles. The summed E-state index contributed by atoms with van der Waals surface area (Å²) < 4.78 is 10.8. The summed E-state index contributed by atoms with van der Waals surface area (Å²) in [5.41, 5.74) is 0.482. The van der Waals surface area contributed by atoms with Crippen molar-refractivity contribution in [3.63, 3.8) is 0 Å². The Hall–Kier alpha value is -3.88. The lowest BCUT2D eigenvalue weighted by Gasteiger charge is -2.30. The van der Waals surface area contributed by atoms with Crippen LogP contribution >= 0.6 is 0 Å². The van der Waals surface area contributed by atoms with Crippen LogP contribution in [0, 0.1) is 5.41 Å². The molecule has 9 nitrogen and oxygen atoms in total. The van der Waals surface area contributed by atoms with Crippen LogP contribution < -0.4 is 20.1 Å². The molecule has 2 aromatic carbocycles. The van der Waals surface area contributed by atoms with Gasteiger partial charge in [-0.2, -0.15) is 0 Å². The molecule has 0 bridgehead atoms. The number of carbonyl (C=O) groups is 4. The fourth-order valence-electron chi connectivity index (χ4n) is 4.85. The first-order valence-electron chi connectivity index (χ1n) is 11.6. The topological polar surface area (TPSA) is 114 Å². The van der Waals surface area contributed by atoms with E-state index in [4.69, 9.17) is 9.47 Å². The van der Waals surface area contributed by atoms with Crippen molar-refractivity contribution in [2.75, 3.05) is 31.4 Å². The smallest absolute Gasteiger partial charge is 0.255 e. The van der Waals surface area contributed by atoms with Gasteiger partial charge in [0.2, 0.25) is 17.7 Å². The van der Waals surface area contributed by atoms with Gasteiger partial charge in [-0.3, -0.25) is 24.1 Å². The molecule has 184 valence electrons. The number of carbonyl (C=O) groups excluding carboxylic acids is 4. The molecular weight excluding hydrogens is 450 g/mol. The van der Waals surface area contributed by atoms with Crippen molar-refractivity contribution in [1.82, 2.24) is 4.90 Å². The molecule has 2 fully saturated rings. The molecule has 4 amide bonds. The molecule has 2 N–H and O–H groups in total. The first-order chi connectivity index (χ1) is 16.9. The average Bonchev–Trinajstić information content (AvgIpc) is 3.09. The van der Waals surface area contributed by atoms with E-state index in [9.17, 15) is 19.2 Å². The van der Waals surface area contributed by atoms with Crippen LogP contribution in [-0.2, 0) is 14.4 Å². The minimum Gasteiger partial charge on any atom is -0.494 e. The van der Waals surface area contributed by atoms with E-state index in [1.807, 2.05) is 6.07 Å². The predicted molar refractivity (Wildman–Crippen MR) is 129 cm³/mol. The minimum atomic E-state index is -0.644. The molecule has 0 radical (unpaired) electrons. The largest absolute Gasteiger partial charge is 0.494 e. The van der Waals surface area contributed by atoms with Crippen LogP contribution in [0.1, 0.15) is 48.9 Å². The molecule has 35 heavy (non-hydrogen) atoms. The van der Waals surface area contributed by atoms with E-state index >= 15 is 0 Å². The quantitative estimate of drug-likeness (QED) is 0.587. The number of likely N-dealkylation sites (tertiary alicyclic amines) is 1. The Bertz CT molecular complexity index is 1140. The SMILES string of the molecule is COc1cc(NC(=O)c2ccccc2)c(OC)cc1NC(=O)CN1C(=O)CC2(CCCCC2)C1=O. The van der Waals surface area contributed by atoms with Gasteiger partial charge in [-0.15, -0.1) is 0 Å². The third kappa shape index (κ3) is 4.99. The van der Waals surface area contributed by atoms with Crippen LogP contribution in [0.15, 0.2) is 42.5 Å². The number of benzene rings is 2. The molecule has 9 heteroatoms. The van der Waals surface area contributed by atoms with Gasteiger partial charge in [-0.1, -0.05) is 37.5 Å². The molecule has 1 saturated heterocycles. The minimum absolute atomic E-state index is 0.173. The third-order valence-electron chi connectivity index (χ3n) is 6.68. The van der Waals surface area contributed by atoms with Crippen LogP contribution in [0.4, 0.5) is 11.4 Å². The highest BCUT2D eigenvalue weighted by Gasteiger charge is 2.51. The van der Waals surface area contributed by atoms with Crippen molar-refractivity contribution >= 4 is 35.0 Å². The summed E-state index contributed by atoms with van der Waals surface area (Å²) in [5, 5.41) is 5.49. The zero-order valence-electron chi connectivity index (χ0n) is 19.9. The van der Waals surface area contributed by atoms with Crippen LogP contribution in [0.2, 0.25) is 0 Å². The summed E-state index contributed by atoms with van der Waals surface area (Å²) in [6.07, 6.45) is 4.46.